The predicted octanol–water partition coefficient (Wildman–Crippen LogP) is 5.01. The molecule has 0 bridgehead atoms. The third kappa shape index (κ3) is 4.97. The molecular weight excluding hydrogens is 343 g/mol. The van der Waals surface area contributed by atoms with Crippen molar-refractivity contribution in [3.8, 4) is 0 Å². The smallest absolute Gasteiger partial charge is 0.349 e. The highest BCUT2D eigenvalue weighted by Gasteiger charge is 2.30. The van der Waals surface area contributed by atoms with Crippen molar-refractivity contribution in [1.82, 2.24) is 10.3 Å². The van der Waals surface area contributed by atoms with Crippen LogP contribution in [0.25, 0.3) is 0 Å². The van der Waals surface area contributed by atoms with Gasteiger partial charge in [0, 0.05) is 17.9 Å². The lowest BCUT2D eigenvalue weighted by molar-refractivity contribution is -0.137. The van der Waals surface area contributed by atoms with Gasteiger partial charge in [-0.15, -0.1) is 0 Å². The Morgan fingerprint density at radius 2 is 1.81 bits per heavy atom. The summed E-state index contributed by atoms with van der Waals surface area (Å²) >= 11 is 0. The van der Waals surface area contributed by atoms with Gasteiger partial charge in [-0.1, -0.05) is 26.8 Å². The molecule has 0 radical (unpaired) electrons. The van der Waals surface area contributed by atoms with Crippen LogP contribution in [0.2, 0.25) is 0 Å². The van der Waals surface area contributed by atoms with Crippen LogP contribution in [0.15, 0.2) is 42.6 Å². The monoisotopic (exact) mass is 365 g/mol. The second-order valence-corrected chi connectivity index (χ2v) is 7.16. The van der Waals surface area contributed by atoms with E-state index in [1.165, 1.54) is 18.3 Å². The Hall–Kier alpha value is -2.57. The SMILES string of the molecule is C[C@@H](NC(=O)c1cccnc1Nc1cccc(C(F)(F)F)c1)C(C)(C)C. The molecule has 0 unspecified atom stereocenters. The maximum absolute atomic E-state index is 12.9. The number of amides is 1. The number of carbonyl (C=O) groups excluding carboxylic acids is 1. The molecule has 2 aromatic rings. The molecule has 0 aliphatic rings. The molecule has 140 valence electrons. The molecule has 7 heteroatoms. The van der Waals surface area contributed by atoms with E-state index in [1.807, 2.05) is 27.7 Å². The van der Waals surface area contributed by atoms with Crippen LogP contribution in [0.3, 0.4) is 0 Å². The largest absolute Gasteiger partial charge is 0.416 e. The van der Waals surface area contributed by atoms with Crippen LogP contribution in [0.4, 0.5) is 24.7 Å². The topological polar surface area (TPSA) is 54.0 Å². The zero-order valence-corrected chi connectivity index (χ0v) is 15.1. The highest BCUT2D eigenvalue weighted by Crippen LogP contribution is 2.31. The molecule has 1 atom stereocenters. The maximum atomic E-state index is 12.9. The van der Waals surface area contributed by atoms with Gasteiger partial charge in [-0.05, 0) is 42.7 Å². The van der Waals surface area contributed by atoms with Gasteiger partial charge >= 0.3 is 6.18 Å². The van der Waals surface area contributed by atoms with Crippen LogP contribution >= 0.6 is 0 Å². The van der Waals surface area contributed by atoms with E-state index in [2.05, 4.69) is 15.6 Å². The van der Waals surface area contributed by atoms with E-state index < -0.39 is 11.7 Å². The lowest BCUT2D eigenvalue weighted by atomic mass is 9.88. The highest BCUT2D eigenvalue weighted by molar-refractivity contribution is 5.99. The van der Waals surface area contributed by atoms with Gasteiger partial charge in [-0.2, -0.15) is 13.2 Å². The number of anilines is 2. The zero-order chi connectivity index (χ0) is 19.5. The summed E-state index contributed by atoms with van der Waals surface area (Å²) in [6.45, 7) is 7.91. The fourth-order valence-corrected chi connectivity index (χ4v) is 2.09. The average Bonchev–Trinajstić information content (AvgIpc) is 2.54. The van der Waals surface area contributed by atoms with Crippen molar-refractivity contribution in [2.45, 2.75) is 39.9 Å². The molecule has 2 N–H and O–H groups in total. The zero-order valence-electron chi connectivity index (χ0n) is 15.1. The van der Waals surface area contributed by atoms with Gasteiger partial charge in [-0.3, -0.25) is 4.79 Å². The molecular formula is C19H22F3N3O. The number of hydrogen-bond donors (Lipinski definition) is 2. The fourth-order valence-electron chi connectivity index (χ4n) is 2.09. The molecule has 0 fully saturated rings. The lowest BCUT2D eigenvalue weighted by Crippen LogP contribution is -2.41. The van der Waals surface area contributed by atoms with Gasteiger partial charge in [0.05, 0.1) is 11.1 Å². The van der Waals surface area contributed by atoms with E-state index >= 15 is 0 Å². The molecule has 4 nitrogen and oxygen atoms in total. The summed E-state index contributed by atoms with van der Waals surface area (Å²) in [6, 6.07) is 7.84. The Morgan fingerprint density at radius 3 is 2.42 bits per heavy atom. The number of halogens is 3. The number of pyridine rings is 1. The number of nitrogens with zero attached hydrogens (tertiary/aromatic N) is 1. The first kappa shape index (κ1) is 19.8. The van der Waals surface area contributed by atoms with E-state index in [1.54, 1.807) is 12.1 Å². The molecule has 0 aliphatic carbocycles. The van der Waals surface area contributed by atoms with E-state index in [-0.39, 0.29) is 34.4 Å². The quantitative estimate of drug-likeness (QED) is 0.801. The minimum Gasteiger partial charge on any atom is -0.349 e. The minimum absolute atomic E-state index is 0.100. The van der Waals surface area contributed by atoms with E-state index in [0.717, 1.165) is 12.1 Å². The van der Waals surface area contributed by atoms with Crippen molar-refractivity contribution < 1.29 is 18.0 Å². The van der Waals surface area contributed by atoms with Crippen molar-refractivity contribution in [2.24, 2.45) is 5.41 Å². The Labute approximate surface area is 150 Å². The van der Waals surface area contributed by atoms with Gasteiger partial charge in [0.15, 0.2) is 0 Å². The van der Waals surface area contributed by atoms with Gasteiger partial charge in [0.2, 0.25) is 0 Å². The Kier molecular flexibility index (Phi) is 5.59. The van der Waals surface area contributed by atoms with E-state index in [4.69, 9.17) is 0 Å². The van der Waals surface area contributed by atoms with Crippen LogP contribution < -0.4 is 10.6 Å². The van der Waals surface area contributed by atoms with Crippen LogP contribution in [-0.4, -0.2) is 16.9 Å². The summed E-state index contributed by atoms with van der Waals surface area (Å²) in [5.74, 6) is -0.138. The standard InChI is InChI=1S/C19H22F3N3O/c1-12(18(2,3)4)24-17(26)15-9-6-10-23-16(15)25-14-8-5-7-13(11-14)19(20,21)22/h5-12H,1-4H3,(H,23,25)(H,24,26)/t12-/m1/s1. The molecule has 1 aromatic heterocycles. The van der Waals surface area contributed by atoms with Gasteiger partial charge in [0.1, 0.15) is 5.82 Å². The van der Waals surface area contributed by atoms with Crippen molar-refractivity contribution >= 4 is 17.4 Å². The molecule has 1 heterocycles. The summed E-state index contributed by atoms with van der Waals surface area (Å²) in [6.07, 6.45) is -2.97. The molecule has 0 saturated heterocycles. The third-order valence-electron chi connectivity index (χ3n) is 4.15. The molecule has 26 heavy (non-hydrogen) atoms. The molecule has 0 spiro atoms. The first-order valence-corrected chi connectivity index (χ1v) is 8.18. The van der Waals surface area contributed by atoms with Gasteiger partial charge in [0.25, 0.3) is 5.91 Å². The summed E-state index contributed by atoms with van der Waals surface area (Å²) in [4.78, 5) is 16.7. The van der Waals surface area contributed by atoms with Crippen molar-refractivity contribution in [3.05, 3.63) is 53.7 Å². The van der Waals surface area contributed by atoms with Crippen molar-refractivity contribution in [1.29, 1.82) is 0 Å². The summed E-state index contributed by atoms with van der Waals surface area (Å²) in [7, 11) is 0. The number of aromatic nitrogens is 1. The van der Waals surface area contributed by atoms with Crippen LogP contribution in [-0.2, 0) is 6.18 Å². The Bertz CT molecular complexity index is 782. The third-order valence-corrected chi connectivity index (χ3v) is 4.15. The summed E-state index contributed by atoms with van der Waals surface area (Å²) in [5, 5.41) is 5.70. The summed E-state index contributed by atoms with van der Waals surface area (Å²) in [5.41, 5.74) is -0.435. The van der Waals surface area contributed by atoms with Crippen molar-refractivity contribution in [3.63, 3.8) is 0 Å². The number of benzene rings is 1. The molecule has 1 amide bonds. The van der Waals surface area contributed by atoms with E-state index in [0.29, 0.717) is 0 Å². The van der Waals surface area contributed by atoms with Crippen LogP contribution in [0.1, 0.15) is 43.6 Å². The number of rotatable bonds is 4. The number of hydrogen-bond acceptors (Lipinski definition) is 3. The first-order chi connectivity index (χ1) is 12.0. The predicted molar refractivity (Wildman–Crippen MR) is 95.3 cm³/mol. The second-order valence-electron chi connectivity index (χ2n) is 7.16. The second kappa shape index (κ2) is 7.35. The van der Waals surface area contributed by atoms with Crippen LogP contribution in [0, 0.1) is 5.41 Å². The number of carbonyl (C=O) groups is 1. The number of nitrogens with one attached hydrogen (secondary N) is 2. The molecule has 0 aliphatic heterocycles. The Morgan fingerprint density at radius 1 is 1.12 bits per heavy atom. The average molecular weight is 365 g/mol. The van der Waals surface area contributed by atoms with Gasteiger partial charge < -0.3 is 10.6 Å². The van der Waals surface area contributed by atoms with Crippen LogP contribution in [0.5, 0.6) is 0 Å². The van der Waals surface area contributed by atoms with Gasteiger partial charge in [-0.25, -0.2) is 4.98 Å². The molecule has 2 rings (SSSR count). The molecule has 1 aromatic carbocycles. The first-order valence-electron chi connectivity index (χ1n) is 8.18. The van der Waals surface area contributed by atoms with E-state index in [9.17, 15) is 18.0 Å². The maximum Gasteiger partial charge on any atom is 0.416 e. The Balaban J connectivity index is 2.26. The highest BCUT2D eigenvalue weighted by atomic mass is 19.4. The lowest BCUT2D eigenvalue weighted by Gasteiger charge is -2.28. The summed E-state index contributed by atoms with van der Waals surface area (Å²) < 4.78 is 38.6. The normalized spacial score (nSPS) is 13.2. The minimum atomic E-state index is -4.44. The molecule has 0 saturated carbocycles. The number of alkyl halides is 3. The fraction of sp³-hybridized carbons (Fsp3) is 0.368. The van der Waals surface area contributed by atoms with Crippen molar-refractivity contribution in [2.75, 3.05) is 5.32 Å².